The first kappa shape index (κ1) is 20.8. The largest absolute Gasteiger partial charge is 0.459 e. The highest BCUT2D eigenvalue weighted by atomic mass is 19.4. The van der Waals surface area contributed by atoms with Gasteiger partial charge >= 0.3 is 18.3 Å². The zero-order chi connectivity index (χ0) is 21.1. The van der Waals surface area contributed by atoms with E-state index in [0.717, 1.165) is 0 Å². The van der Waals surface area contributed by atoms with Crippen LogP contribution in [0, 0.1) is 29.2 Å². The van der Waals surface area contributed by atoms with Crippen LogP contribution in [0.5, 0.6) is 0 Å². The van der Waals surface area contributed by atoms with Gasteiger partial charge in [-0.2, -0.15) is 49.3 Å². The fourth-order valence-corrected chi connectivity index (χ4v) is 1.90. The smallest absolute Gasteiger partial charge is 0.204 e. The molecule has 0 fully saturated rings. The lowest BCUT2D eigenvalue weighted by Crippen LogP contribution is -2.36. The third-order valence-corrected chi connectivity index (χ3v) is 3.07. The number of hydrogen-bond acceptors (Lipinski definition) is 1. The van der Waals surface area contributed by atoms with Gasteiger partial charge in [-0.05, 0) is 0 Å². The van der Waals surface area contributed by atoms with Gasteiger partial charge in [0.2, 0.25) is 5.95 Å². The van der Waals surface area contributed by atoms with Gasteiger partial charge in [0.05, 0.1) is 0 Å². The Morgan fingerprint density at radius 3 is 1.56 bits per heavy atom. The Morgan fingerprint density at radius 1 is 0.741 bits per heavy atom. The summed E-state index contributed by atoms with van der Waals surface area (Å²) in [5.74, 6) is -19.4. The Morgan fingerprint density at radius 2 is 1.19 bits per heavy atom. The SMILES string of the molecule is Fc1cc(F)c(F)c(-n2nc(C(F)(F)C(F)(F)F)c(C(F)(F)F)c2F)c1F. The zero-order valence-corrected chi connectivity index (χ0v) is 11.9. The van der Waals surface area contributed by atoms with Crippen LogP contribution in [0.2, 0.25) is 0 Å². The topological polar surface area (TPSA) is 17.8 Å². The molecule has 2 aromatic rings. The minimum atomic E-state index is -6.72. The van der Waals surface area contributed by atoms with Crippen molar-refractivity contribution >= 4 is 0 Å². The highest BCUT2D eigenvalue weighted by molar-refractivity contribution is 5.40. The molecule has 0 amide bonds. The van der Waals surface area contributed by atoms with Crippen LogP contribution in [0.3, 0.4) is 0 Å². The molecule has 0 bridgehead atoms. The second-order valence-electron chi connectivity index (χ2n) is 4.81. The Bertz CT molecular complexity index is 864. The molecule has 27 heavy (non-hydrogen) atoms. The molecule has 1 aromatic carbocycles. The summed E-state index contributed by atoms with van der Waals surface area (Å²) in [4.78, 5) is 0. The third kappa shape index (κ3) is 3.18. The van der Waals surface area contributed by atoms with Crippen LogP contribution >= 0.6 is 0 Å². The van der Waals surface area contributed by atoms with E-state index in [1.807, 2.05) is 5.10 Å². The van der Waals surface area contributed by atoms with Gasteiger partial charge in [0.1, 0.15) is 11.3 Å². The Hall–Kier alpha value is -2.48. The standard InChI is InChI=1S/C12HF13N2/c13-2-1-3(14)6(16)7(5(2)15)27-9(17)4(11(20,21)22)8(26-27)10(18,19)12(23,24)25/h1H. The van der Waals surface area contributed by atoms with Crippen molar-refractivity contribution in [1.82, 2.24) is 9.78 Å². The molecule has 0 aliphatic rings. The number of halogens is 13. The van der Waals surface area contributed by atoms with E-state index in [0.29, 0.717) is 0 Å². The minimum Gasteiger partial charge on any atom is -0.204 e. The summed E-state index contributed by atoms with van der Waals surface area (Å²) in [5.41, 5.74) is -9.03. The summed E-state index contributed by atoms with van der Waals surface area (Å²) in [5, 5.41) is 1.93. The quantitative estimate of drug-likeness (QED) is 0.480. The molecule has 2 rings (SSSR count). The van der Waals surface area contributed by atoms with Crippen molar-refractivity contribution in [1.29, 1.82) is 0 Å². The summed E-state index contributed by atoms with van der Waals surface area (Å²) in [6.45, 7) is 0. The van der Waals surface area contributed by atoms with E-state index in [9.17, 15) is 57.1 Å². The van der Waals surface area contributed by atoms with Crippen LogP contribution < -0.4 is 0 Å². The highest BCUT2D eigenvalue weighted by Gasteiger charge is 2.64. The van der Waals surface area contributed by atoms with Crippen LogP contribution in [0.1, 0.15) is 11.3 Å². The lowest BCUT2D eigenvalue weighted by molar-refractivity contribution is -0.292. The number of benzene rings is 1. The molecule has 15 heteroatoms. The number of rotatable bonds is 2. The first-order chi connectivity index (χ1) is 12.0. The third-order valence-electron chi connectivity index (χ3n) is 3.07. The fraction of sp³-hybridized carbons (Fsp3) is 0.250. The molecule has 0 aliphatic heterocycles. The maximum Gasteiger partial charge on any atom is 0.459 e. The van der Waals surface area contributed by atoms with Gasteiger partial charge in [-0.15, -0.1) is 0 Å². The van der Waals surface area contributed by atoms with Crippen molar-refractivity contribution in [3.05, 3.63) is 46.5 Å². The van der Waals surface area contributed by atoms with Gasteiger partial charge in [0, 0.05) is 6.07 Å². The molecular weight excluding hydrogens is 419 g/mol. The van der Waals surface area contributed by atoms with E-state index in [1.54, 1.807) is 0 Å². The van der Waals surface area contributed by atoms with Crippen molar-refractivity contribution in [3.63, 3.8) is 0 Å². The Labute approximate surface area is 138 Å². The van der Waals surface area contributed by atoms with E-state index < -0.39 is 75.2 Å². The maximum atomic E-state index is 13.9. The van der Waals surface area contributed by atoms with E-state index in [1.165, 1.54) is 0 Å². The van der Waals surface area contributed by atoms with E-state index in [-0.39, 0.29) is 0 Å². The molecule has 150 valence electrons. The molecule has 0 spiro atoms. The van der Waals surface area contributed by atoms with Crippen LogP contribution in [-0.4, -0.2) is 16.0 Å². The second-order valence-corrected chi connectivity index (χ2v) is 4.81. The van der Waals surface area contributed by atoms with Gasteiger partial charge in [-0.3, -0.25) is 0 Å². The van der Waals surface area contributed by atoms with Crippen LogP contribution in [0.4, 0.5) is 57.1 Å². The number of hydrogen-bond donors (Lipinski definition) is 0. The summed E-state index contributed by atoms with van der Waals surface area (Å²) in [6.07, 6.45) is -13.0. The van der Waals surface area contributed by atoms with Crippen molar-refractivity contribution in [3.8, 4) is 5.69 Å². The number of nitrogens with zero attached hydrogens (tertiary/aromatic N) is 2. The van der Waals surface area contributed by atoms with E-state index in [4.69, 9.17) is 0 Å². The molecule has 2 nitrogen and oxygen atoms in total. The monoisotopic (exact) mass is 420 g/mol. The molecule has 0 aliphatic carbocycles. The summed E-state index contributed by atoms with van der Waals surface area (Å²) < 4.78 is 168. The fourth-order valence-electron chi connectivity index (χ4n) is 1.90. The molecule has 0 N–H and O–H groups in total. The Balaban J connectivity index is 2.97. The number of aromatic nitrogens is 2. The molecule has 0 atom stereocenters. The average molecular weight is 420 g/mol. The second kappa shape index (κ2) is 6.02. The highest BCUT2D eigenvalue weighted by Crippen LogP contribution is 2.48. The van der Waals surface area contributed by atoms with Gasteiger partial charge in [-0.25, -0.2) is 17.6 Å². The predicted octanol–water partition coefficient (Wildman–Crippen LogP) is 5.24. The number of alkyl halides is 8. The van der Waals surface area contributed by atoms with Gasteiger partial charge in [0.15, 0.2) is 29.0 Å². The molecule has 0 unspecified atom stereocenters. The van der Waals surface area contributed by atoms with Gasteiger partial charge in [-0.1, -0.05) is 0 Å². The molecule has 1 aromatic heterocycles. The van der Waals surface area contributed by atoms with Crippen molar-refractivity contribution in [2.75, 3.05) is 0 Å². The van der Waals surface area contributed by atoms with Crippen LogP contribution in [0.25, 0.3) is 5.69 Å². The lowest BCUT2D eigenvalue weighted by Gasteiger charge is -2.19. The summed E-state index contributed by atoms with van der Waals surface area (Å²) in [6, 6.07) is -0.467. The maximum absolute atomic E-state index is 13.9. The van der Waals surface area contributed by atoms with Crippen molar-refractivity contribution in [2.24, 2.45) is 0 Å². The molecule has 0 saturated carbocycles. The Kier molecular flexibility index (Phi) is 4.64. The first-order valence-corrected chi connectivity index (χ1v) is 6.15. The predicted molar refractivity (Wildman–Crippen MR) is 58.3 cm³/mol. The van der Waals surface area contributed by atoms with Gasteiger partial charge < -0.3 is 0 Å². The lowest BCUT2D eigenvalue weighted by atomic mass is 10.1. The molecule has 0 saturated heterocycles. The van der Waals surface area contributed by atoms with Crippen molar-refractivity contribution in [2.45, 2.75) is 18.3 Å². The van der Waals surface area contributed by atoms with Crippen molar-refractivity contribution < 1.29 is 57.1 Å². The van der Waals surface area contributed by atoms with E-state index >= 15 is 0 Å². The van der Waals surface area contributed by atoms with E-state index in [2.05, 4.69) is 0 Å². The minimum absolute atomic E-state index is 0.467. The van der Waals surface area contributed by atoms with Gasteiger partial charge in [0.25, 0.3) is 0 Å². The first-order valence-electron chi connectivity index (χ1n) is 6.15. The summed E-state index contributed by atoms with van der Waals surface area (Å²) >= 11 is 0. The summed E-state index contributed by atoms with van der Waals surface area (Å²) in [7, 11) is 0. The molecular formula is C12HF13N2. The average Bonchev–Trinajstić information content (AvgIpc) is 2.82. The van der Waals surface area contributed by atoms with Crippen LogP contribution in [-0.2, 0) is 12.1 Å². The normalized spacial score (nSPS) is 13.4. The zero-order valence-electron chi connectivity index (χ0n) is 11.9. The van der Waals surface area contributed by atoms with Crippen LogP contribution in [0.15, 0.2) is 6.07 Å². The molecule has 0 radical (unpaired) electrons. The molecule has 1 heterocycles.